The van der Waals surface area contributed by atoms with Crippen LogP contribution in [0.5, 0.6) is 0 Å². The van der Waals surface area contributed by atoms with Crippen molar-refractivity contribution in [2.45, 2.75) is 79.6 Å². The maximum atomic E-state index is 11.0. The Labute approximate surface area is 147 Å². The lowest BCUT2D eigenvalue weighted by atomic mass is 9.39. The van der Waals surface area contributed by atoms with Crippen molar-refractivity contribution in [1.82, 2.24) is 0 Å². The summed E-state index contributed by atoms with van der Waals surface area (Å²) < 4.78 is 0. The molecule has 0 amide bonds. The highest BCUT2D eigenvalue weighted by molar-refractivity contribution is 5.66. The van der Waals surface area contributed by atoms with Crippen molar-refractivity contribution in [2.75, 3.05) is 6.61 Å². The van der Waals surface area contributed by atoms with Crippen LogP contribution in [-0.2, 0) is 4.79 Å². The second-order valence-electron chi connectivity index (χ2n) is 9.19. The third-order valence-corrected chi connectivity index (χ3v) is 8.24. The van der Waals surface area contributed by atoms with Crippen LogP contribution >= 0.6 is 0 Å². The molecule has 2 N–H and O–H groups in total. The number of carboxylic acid groups (broad SMARTS) is 1. The summed E-state index contributed by atoms with van der Waals surface area (Å²) in [6.45, 7) is 11.8. The zero-order valence-corrected chi connectivity index (χ0v) is 16.2. The number of allylic oxidation sites excluding steroid dienone is 1. The quantitative estimate of drug-likeness (QED) is 0.668. The lowest BCUT2D eigenvalue weighted by Crippen LogP contribution is -2.58. The molecule has 0 aromatic heterocycles. The van der Waals surface area contributed by atoms with Gasteiger partial charge in [0.1, 0.15) is 0 Å². The number of carbonyl (C=O) groups is 1. The Balaban J connectivity index is 2.29. The van der Waals surface area contributed by atoms with Crippen LogP contribution < -0.4 is 0 Å². The van der Waals surface area contributed by atoms with Gasteiger partial charge in [-0.1, -0.05) is 40.7 Å². The minimum Gasteiger partial charge on any atom is -0.481 e. The fourth-order valence-corrected chi connectivity index (χ4v) is 5.82. The van der Waals surface area contributed by atoms with Crippen molar-refractivity contribution in [1.29, 1.82) is 0 Å². The minimum absolute atomic E-state index is 0.0668. The molecule has 1 fully saturated rings. The molecule has 5 unspecified atom stereocenters. The average Bonchev–Trinajstić information content (AvgIpc) is 2.51. The van der Waals surface area contributed by atoms with E-state index in [4.69, 9.17) is 5.11 Å². The highest BCUT2D eigenvalue weighted by atomic mass is 16.4. The third-order valence-electron chi connectivity index (χ3n) is 8.24. The van der Waals surface area contributed by atoms with Gasteiger partial charge in [-0.2, -0.15) is 0 Å². The number of aliphatic hydroxyl groups is 1. The summed E-state index contributed by atoms with van der Waals surface area (Å²) >= 11 is 0. The smallest absolute Gasteiger partial charge is 0.303 e. The van der Waals surface area contributed by atoms with E-state index in [9.17, 15) is 9.90 Å². The SMILES string of the molecule is CC(CCC1(C)C(C)CCC2(C)C(CO)=CCCC21C)CC(=O)O. The van der Waals surface area contributed by atoms with Crippen LogP contribution in [0.4, 0.5) is 0 Å². The van der Waals surface area contributed by atoms with Gasteiger partial charge in [0.05, 0.1) is 6.61 Å². The molecule has 2 aliphatic rings. The van der Waals surface area contributed by atoms with Crippen molar-refractivity contribution < 1.29 is 15.0 Å². The van der Waals surface area contributed by atoms with E-state index in [1.165, 1.54) is 18.4 Å². The molecule has 0 radical (unpaired) electrons. The van der Waals surface area contributed by atoms with E-state index < -0.39 is 5.97 Å². The van der Waals surface area contributed by atoms with Gasteiger partial charge < -0.3 is 10.2 Å². The summed E-state index contributed by atoms with van der Waals surface area (Å²) in [6, 6.07) is 0. The minimum atomic E-state index is -0.691. The lowest BCUT2D eigenvalue weighted by Gasteiger charge is -2.65. The molecule has 3 nitrogen and oxygen atoms in total. The zero-order valence-electron chi connectivity index (χ0n) is 16.2. The first-order valence-corrected chi connectivity index (χ1v) is 9.63. The Morgan fingerprint density at radius 3 is 2.58 bits per heavy atom. The highest BCUT2D eigenvalue weighted by Gasteiger charge is 2.61. The van der Waals surface area contributed by atoms with Crippen molar-refractivity contribution in [3.8, 4) is 0 Å². The van der Waals surface area contributed by atoms with E-state index >= 15 is 0 Å². The largest absolute Gasteiger partial charge is 0.481 e. The molecule has 138 valence electrons. The third kappa shape index (κ3) is 2.94. The van der Waals surface area contributed by atoms with E-state index in [1.807, 2.05) is 0 Å². The number of hydrogen-bond donors (Lipinski definition) is 2. The van der Waals surface area contributed by atoms with E-state index in [0.717, 1.165) is 25.7 Å². The van der Waals surface area contributed by atoms with Gasteiger partial charge in [-0.05, 0) is 72.2 Å². The number of rotatable bonds is 6. The first-order valence-electron chi connectivity index (χ1n) is 9.63. The predicted octanol–water partition coefficient (Wildman–Crippen LogP) is 5.04. The van der Waals surface area contributed by atoms with Gasteiger partial charge in [0, 0.05) is 6.42 Å². The standard InChI is InChI=1S/C21H36O3/c1-15(13-18(23)24)8-11-19(3)16(2)9-12-20(4)17(14-22)7-6-10-21(19,20)5/h7,15-16,22H,6,8-14H2,1-5H3,(H,23,24). The van der Waals surface area contributed by atoms with Crippen molar-refractivity contribution in [3.63, 3.8) is 0 Å². The fraction of sp³-hybridized carbons (Fsp3) is 0.857. The maximum absolute atomic E-state index is 11.0. The Bertz CT molecular complexity index is 511. The molecular formula is C21H36O3. The van der Waals surface area contributed by atoms with E-state index in [1.54, 1.807) is 0 Å². The second kappa shape index (κ2) is 6.82. The molecule has 0 aromatic rings. The summed E-state index contributed by atoms with van der Waals surface area (Å²) in [5.41, 5.74) is 1.64. The van der Waals surface area contributed by atoms with Gasteiger partial charge in [-0.15, -0.1) is 0 Å². The number of aliphatic hydroxyl groups excluding tert-OH is 1. The molecule has 2 rings (SSSR count). The van der Waals surface area contributed by atoms with Crippen LogP contribution in [0.2, 0.25) is 0 Å². The monoisotopic (exact) mass is 336 g/mol. The molecule has 1 saturated carbocycles. The first-order chi connectivity index (χ1) is 11.1. The molecule has 0 saturated heterocycles. The van der Waals surface area contributed by atoms with Crippen LogP contribution in [-0.4, -0.2) is 22.8 Å². The molecular weight excluding hydrogens is 300 g/mol. The summed E-state index contributed by atoms with van der Waals surface area (Å²) in [7, 11) is 0. The molecule has 24 heavy (non-hydrogen) atoms. The van der Waals surface area contributed by atoms with Crippen molar-refractivity contribution in [3.05, 3.63) is 11.6 Å². The average molecular weight is 337 g/mol. The van der Waals surface area contributed by atoms with E-state index in [0.29, 0.717) is 5.92 Å². The Morgan fingerprint density at radius 1 is 1.33 bits per heavy atom. The van der Waals surface area contributed by atoms with Gasteiger partial charge in [0.15, 0.2) is 0 Å². The summed E-state index contributed by atoms with van der Waals surface area (Å²) in [5, 5.41) is 19.0. The molecule has 0 aromatic carbocycles. The highest BCUT2D eigenvalue weighted by Crippen LogP contribution is 2.69. The Kier molecular flexibility index (Phi) is 5.54. The molecule has 0 aliphatic heterocycles. The normalized spacial score (nSPS) is 40.6. The molecule has 0 heterocycles. The van der Waals surface area contributed by atoms with Crippen molar-refractivity contribution in [2.24, 2.45) is 28.1 Å². The Hall–Kier alpha value is -0.830. The van der Waals surface area contributed by atoms with Gasteiger partial charge in [-0.25, -0.2) is 0 Å². The zero-order chi connectivity index (χ0) is 18.2. The molecule has 5 atom stereocenters. The van der Waals surface area contributed by atoms with Gasteiger partial charge in [-0.3, -0.25) is 4.79 Å². The Morgan fingerprint density at radius 2 is 2.00 bits per heavy atom. The number of fused-ring (bicyclic) bond motifs is 1. The van der Waals surface area contributed by atoms with Crippen LogP contribution in [0.1, 0.15) is 79.6 Å². The second-order valence-corrected chi connectivity index (χ2v) is 9.19. The summed E-state index contributed by atoms with van der Waals surface area (Å²) in [6.07, 6.45) is 9.14. The predicted molar refractivity (Wildman–Crippen MR) is 97.8 cm³/mol. The van der Waals surface area contributed by atoms with Crippen LogP contribution in [0.15, 0.2) is 11.6 Å². The van der Waals surface area contributed by atoms with Gasteiger partial charge in [0.25, 0.3) is 0 Å². The van der Waals surface area contributed by atoms with Crippen LogP contribution in [0, 0.1) is 28.1 Å². The molecule has 0 bridgehead atoms. The topological polar surface area (TPSA) is 57.5 Å². The van der Waals surface area contributed by atoms with Gasteiger partial charge in [0.2, 0.25) is 0 Å². The first kappa shape index (κ1) is 19.5. The van der Waals surface area contributed by atoms with E-state index in [2.05, 4.69) is 40.7 Å². The lowest BCUT2D eigenvalue weighted by molar-refractivity contribution is -0.140. The summed E-state index contributed by atoms with van der Waals surface area (Å²) in [5.74, 6) is 0.161. The molecule has 2 aliphatic carbocycles. The van der Waals surface area contributed by atoms with Crippen LogP contribution in [0.25, 0.3) is 0 Å². The number of carboxylic acids is 1. The van der Waals surface area contributed by atoms with Crippen molar-refractivity contribution >= 4 is 5.97 Å². The maximum Gasteiger partial charge on any atom is 0.303 e. The molecule has 3 heteroatoms. The van der Waals surface area contributed by atoms with Crippen LogP contribution in [0.3, 0.4) is 0 Å². The molecule has 0 spiro atoms. The number of hydrogen-bond acceptors (Lipinski definition) is 2. The summed E-state index contributed by atoms with van der Waals surface area (Å²) in [4.78, 5) is 11.0. The fourth-order valence-electron chi connectivity index (χ4n) is 5.82. The van der Waals surface area contributed by atoms with E-state index in [-0.39, 0.29) is 35.2 Å². The number of aliphatic carboxylic acids is 1. The van der Waals surface area contributed by atoms with Gasteiger partial charge >= 0.3 is 5.97 Å².